The standard InChI is InChI=1S/C9H14F2O/c10-9(11)5-8(6-9)3-7(4-8)1-2-12/h7,12H,1-6H2. The van der Waals surface area contributed by atoms with Crippen molar-refractivity contribution in [2.45, 2.75) is 38.0 Å². The highest BCUT2D eigenvalue weighted by molar-refractivity contribution is 5.06. The van der Waals surface area contributed by atoms with Crippen molar-refractivity contribution < 1.29 is 13.9 Å². The van der Waals surface area contributed by atoms with Crippen molar-refractivity contribution in [2.75, 3.05) is 6.61 Å². The maximum Gasteiger partial charge on any atom is 0.249 e. The van der Waals surface area contributed by atoms with Crippen LogP contribution in [0.3, 0.4) is 0 Å². The van der Waals surface area contributed by atoms with Gasteiger partial charge >= 0.3 is 0 Å². The first-order valence-corrected chi connectivity index (χ1v) is 4.54. The van der Waals surface area contributed by atoms with Gasteiger partial charge in [0.1, 0.15) is 0 Å². The van der Waals surface area contributed by atoms with Crippen LogP contribution < -0.4 is 0 Å². The molecule has 70 valence electrons. The van der Waals surface area contributed by atoms with Crippen LogP contribution in [0.25, 0.3) is 0 Å². The Bertz CT molecular complexity index is 175. The second-order valence-corrected chi connectivity index (χ2v) is 4.50. The van der Waals surface area contributed by atoms with Crippen LogP contribution in [0, 0.1) is 11.3 Å². The van der Waals surface area contributed by atoms with E-state index in [-0.39, 0.29) is 24.9 Å². The van der Waals surface area contributed by atoms with Gasteiger partial charge in [-0.25, -0.2) is 8.78 Å². The average Bonchev–Trinajstić information content (AvgIpc) is 1.80. The summed E-state index contributed by atoms with van der Waals surface area (Å²) in [5, 5.41) is 8.62. The molecule has 0 bridgehead atoms. The fourth-order valence-corrected chi connectivity index (χ4v) is 2.89. The third kappa shape index (κ3) is 1.24. The molecule has 0 aromatic carbocycles. The largest absolute Gasteiger partial charge is 0.396 e. The van der Waals surface area contributed by atoms with Crippen LogP contribution in [0.1, 0.15) is 32.1 Å². The van der Waals surface area contributed by atoms with Crippen molar-refractivity contribution in [2.24, 2.45) is 11.3 Å². The highest BCUT2D eigenvalue weighted by Gasteiger charge is 2.61. The SMILES string of the molecule is OCCC1CC2(C1)CC(F)(F)C2. The van der Waals surface area contributed by atoms with E-state index >= 15 is 0 Å². The van der Waals surface area contributed by atoms with Crippen LogP contribution in [0.5, 0.6) is 0 Å². The highest BCUT2D eigenvalue weighted by atomic mass is 19.3. The Morgan fingerprint density at radius 1 is 1.25 bits per heavy atom. The fourth-order valence-electron chi connectivity index (χ4n) is 2.89. The zero-order valence-corrected chi connectivity index (χ0v) is 7.02. The maximum atomic E-state index is 12.5. The molecule has 0 atom stereocenters. The van der Waals surface area contributed by atoms with E-state index in [1.807, 2.05) is 0 Å². The monoisotopic (exact) mass is 176 g/mol. The zero-order chi connectivity index (χ0) is 8.82. The Morgan fingerprint density at radius 3 is 2.25 bits per heavy atom. The van der Waals surface area contributed by atoms with Gasteiger partial charge in [0.15, 0.2) is 0 Å². The molecule has 3 heteroatoms. The van der Waals surface area contributed by atoms with Gasteiger partial charge in [-0.05, 0) is 30.6 Å². The molecule has 0 radical (unpaired) electrons. The average molecular weight is 176 g/mol. The molecule has 0 heterocycles. The summed E-state index contributed by atoms with van der Waals surface area (Å²) in [6.45, 7) is 0.205. The van der Waals surface area contributed by atoms with Crippen LogP contribution in [-0.4, -0.2) is 17.6 Å². The van der Waals surface area contributed by atoms with Crippen LogP contribution in [-0.2, 0) is 0 Å². The lowest BCUT2D eigenvalue weighted by molar-refractivity contribution is -0.207. The van der Waals surface area contributed by atoms with Crippen molar-refractivity contribution in [3.63, 3.8) is 0 Å². The summed E-state index contributed by atoms with van der Waals surface area (Å²) < 4.78 is 25.0. The molecule has 0 unspecified atom stereocenters. The number of alkyl halides is 2. The number of hydrogen-bond donors (Lipinski definition) is 1. The van der Waals surface area contributed by atoms with Gasteiger partial charge in [0.2, 0.25) is 5.92 Å². The van der Waals surface area contributed by atoms with Gasteiger partial charge in [-0.2, -0.15) is 0 Å². The Labute approximate surface area is 70.8 Å². The quantitative estimate of drug-likeness (QED) is 0.683. The van der Waals surface area contributed by atoms with E-state index in [4.69, 9.17) is 5.11 Å². The van der Waals surface area contributed by atoms with Crippen LogP contribution >= 0.6 is 0 Å². The summed E-state index contributed by atoms with van der Waals surface area (Å²) in [5.74, 6) is -1.85. The third-order valence-electron chi connectivity index (χ3n) is 3.25. The molecule has 0 saturated heterocycles. The van der Waals surface area contributed by atoms with Gasteiger partial charge in [-0.1, -0.05) is 0 Å². The molecule has 0 aromatic rings. The summed E-state index contributed by atoms with van der Waals surface area (Å²) >= 11 is 0. The van der Waals surface area contributed by atoms with Crippen molar-refractivity contribution in [1.82, 2.24) is 0 Å². The van der Waals surface area contributed by atoms with Crippen molar-refractivity contribution in [3.05, 3.63) is 0 Å². The molecule has 1 spiro atoms. The second kappa shape index (κ2) is 2.41. The summed E-state index contributed by atoms with van der Waals surface area (Å²) in [7, 11) is 0. The first-order valence-electron chi connectivity index (χ1n) is 4.54. The Kier molecular flexibility index (Phi) is 1.69. The number of hydrogen-bond acceptors (Lipinski definition) is 1. The molecule has 2 rings (SSSR count). The maximum absolute atomic E-state index is 12.5. The van der Waals surface area contributed by atoms with Gasteiger partial charge in [0, 0.05) is 19.4 Å². The highest BCUT2D eigenvalue weighted by Crippen LogP contribution is 2.64. The van der Waals surface area contributed by atoms with Gasteiger partial charge < -0.3 is 5.11 Å². The Hall–Kier alpha value is -0.180. The minimum Gasteiger partial charge on any atom is -0.396 e. The van der Waals surface area contributed by atoms with Gasteiger partial charge in [0.25, 0.3) is 0 Å². The summed E-state index contributed by atoms with van der Waals surface area (Å²) in [6, 6.07) is 0. The third-order valence-corrected chi connectivity index (χ3v) is 3.25. The first-order chi connectivity index (χ1) is 5.55. The number of rotatable bonds is 2. The fraction of sp³-hybridized carbons (Fsp3) is 1.00. The Balaban J connectivity index is 1.76. The molecule has 12 heavy (non-hydrogen) atoms. The van der Waals surface area contributed by atoms with E-state index in [1.165, 1.54) is 0 Å². The lowest BCUT2D eigenvalue weighted by atomic mass is 9.50. The Morgan fingerprint density at radius 2 is 1.83 bits per heavy atom. The molecule has 2 aliphatic carbocycles. The minimum absolute atomic E-state index is 0.0106. The molecular formula is C9H14F2O. The molecule has 0 aromatic heterocycles. The summed E-state index contributed by atoms with van der Waals surface area (Å²) in [4.78, 5) is 0. The minimum atomic E-state index is -2.37. The molecule has 2 saturated carbocycles. The van der Waals surface area contributed by atoms with Gasteiger partial charge in [-0.3, -0.25) is 0 Å². The topological polar surface area (TPSA) is 20.2 Å². The molecule has 1 nitrogen and oxygen atoms in total. The zero-order valence-electron chi connectivity index (χ0n) is 7.02. The molecule has 0 amide bonds. The van der Waals surface area contributed by atoms with Gasteiger partial charge in [0.05, 0.1) is 0 Å². The van der Waals surface area contributed by atoms with E-state index in [0.717, 1.165) is 19.3 Å². The van der Waals surface area contributed by atoms with Crippen molar-refractivity contribution in [1.29, 1.82) is 0 Å². The lowest BCUT2D eigenvalue weighted by Crippen LogP contribution is -2.53. The lowest BCUT2D eigenvalue weighted by Gasteiger charge is -2.57. The first kappa shape index (κ1) is 8.42. The molecular weight excluding hydrogens is 162 g/mol. The second-order valence-electron chi connectivity index (χ2n) is 4.50. The van der Waals surface area contributed by atoms with Crippen LogP contribution in [0.2, 0.25) is 0 Å². The van der Waals surface area contributed by atoms with E-state index in [2.05, 4.69) is 0 Å². The van der Waals surface area contributed by atoms with E-state index < -0.39 is 5.92 Å². The molecule has 1 N–H and O–H groups in total. The smallest absolute Gasteiger partial charge is 0.249 e. The number of halogens is 2. The van der Waals surface area contributed by atoms with E-state index in [0.29, 0.717) is 5.92 Å². The van der Waals surface area contributed by atoms with Crippen molar-refractivity contribution >= 4 is 0 Å². The van der Waals surface area contributed by atoms with E-state index in [1.54, 1.807) is 0 Å². The number of aliphatic hydroxyl groups is 1. The normalized spacial score (nSPS) is 31.2. The summed E-state index contributed by atoms with van der Waals surface area (Å²) in [5.41, 5.74) is -0.0106. The predicted octanol–water partition coefficient (Wildman–Crippen LogP) is 2.19. The number of aliphatic hydroxyl groups excluding tert-OH is 1. The van der Waals surface area contributed by atoms with Crippen LogP contribution in [0.15, 0.2) is 0 Å². The van der Waals surface area contributed by atoms with Gasteiger partial charge in [-0.15, -0.1) is 0 Å². The van der Waals surface area contributed by atoms with Crippen molar-refractivity contribution in [3.8, 4) is 0 Å². The predicted molar refractivity (Wildman–Crippen MR) is 41.0 cm³/mol. The summed E-state index contributed by atoms with van der Waals surface area (Å²) in [6.07, 6.45) is 2.84. The molecule has 2 aliphatic rings. The van der Waals surface area contributed by atoms with E-state index in [9.17, 15) is 8.78 Å². The molecule has 2 fully saturated rings. The molecule has 0 aliphatic heterocycles. The van der Waals surface area contributed by atoms with Crippen LogP contribution in [0.4, 0.5) is 8.78 Å².